The van der Waals surface area contributed by atoms with Gasteiger partial charge in [0.25, 0.3) is 0 Å². The van der Waals surface area contributed by atoms with Gasteiger partial charge in [0, 0.05) is 16.9 Å². The third kappa shape index (κ3) is 2.85. The van der Waals surface area contributed by atoms with Crippen molar-refractivity contribution in [1.82, 2.24) is 4.98 Å². The van der Waals surface area contributed by atoms with Crippen LogP contribution in [0.25, 0.3) is 0 Å². The Morgan fingerprint density at radius 3 is 2.79 bits per heavy atom. The summed E-state index contributed by atoms with van der Waals surface area (Å²) < 4.78 is 5.68. The van der Waals surface area contributed by atoms with E-state index in [0.717, 1.165) is 0 Å². The van der Waals surface area contributed by atoms with Crippen LogP contribution in [0.3, 0.4) is 0 Å². The number of benzene rings is 1. The van der Waals surface area contributed by atoms with Crippen LogP contribution >= 0.6 is 15.9 Å². The third-order valence-corrected chi connectivity index (χ3v) is 3.12. The Morgan fingerprint density at radius 2 is 2.11 bits per heavy atom. The van der Waals surface area contributed by atoms with Crippen molar-refractivity contribution in [2.24, 2.45) is 4.99 Å². The highest BCUT2D eigenvalue weighted by Crippen LogP contribution is 2.34. The molecule has 5 nitrogen and oxygen atoms in total. The maximum absolute atomic E-state index is 9.99. The van der Waals surface area contributed by atoms with Crippen LogP contribution in [0.2, 0.25) is 0 Å². The molecule has 0 aliphatic carbocycles. The molecule has 1 aromatic carbocycles. The van der Waals surface area contributed by atoms with E-state index in [-0.39, 0.29) is 17.3 Å². The van der Waals surface area contributed by atoms with E-state index in [0.29, 0.717) is 15.8 Å². The van der Waals surface area contributed by atoms with Gasteiger partial charge in [-0.2, -0.15) is 0 Å². The van der Waals surface area contributed by atoms with Gasteiger partial charge in [0.1, 0.15) is 0 Å². The van der Waals surface area contributed by atoms with E-state index in [1.54, 1.807) is 18.2 Å². The molecule has 2 rings (SSSR count). The Labute approximate surface area is 118 Å². The number of ether oxygens (including phenoxy) is 1. The number of aliphatic imine (C=N–C) groups is 1. The Morgan fingerprint density at radius 1 is 1.32 bits per heavy atom. The van der Waals surface area contributed by atoms with Gasteiger partial charge in [-0.3, -0.25) is 0 Å². The van der Waals surface area contributed by atoms with Gasteiger partial charge < -0.3 is 14.9 Å². The lowest BCUT2D eigenvalue weighted by Crippen LogP contribution is -1.90. The molecule has 0 radical (unpaired) electrons. The molecule has 0 bridgehead atoms. The van der Waals surface area contributed by atoms with Crippen molar-refractivity contribution in [2.75, 3.05) is 7.11 Å². The number of rotatable bonds is 3. The zero-order valence-corrected chi connectivity index (χ0v) is 11.6. The topological polar surface area (TPSA) is 74.9 Å². The first-order chi connectivity index (χ1) is 9.13. The molecule has 0 unspecified atom stereocenters. The summed E-state index contributed by atoms with van der Waals surface area (Å²) in [6, 6.07) is 6.46. The smallest absolute Gasteiger partial charge is 0.194 e. The molecule has 0 atom stereocenters. The van der Waals surface area contributed by atoms with Gasteiger partial charge in [0.05, 0.1) is 12.7 Å². The molecule has 0 saturated heterocycles. The lowest BCUT2D eigenvalue weighted by molar-refractivity contribution is 0.373. The van der Waals surface area contributed by atoms with Gasteiger partial charge in [-0.1, -0.05) is 0 Å². The zero-order valence-electron chi connectivity index (χ0n) is 10.0. The molecule has 2 N–H and O–H groups in total. The van der Waals surface area contributed by atoms with Gasteiger partial charge in [-0.15, -0.1) is 0 Å². The third-order valence-electron chi connectivity index (χ3n) is 2.43. The predicted molar refractivity (Wildman–Crippen MR) is 75.5 cm³/mol. The van der Waals surface area contributed by atoms with Crippen LogP contribution in [0.5, 0.6) is 17.2 Å². The summed E-state index contributed by atoms with van der Waals surface area (Å²) in [7, 11) is 1.47. The summed E-state index contributed by atoms with van der Waals surface area (Å²) in [5.74, 6) is 0.458. The lowest BCUT2D eigenvalue weighted by atomic mass is 10.2. The predicted octanol–water partition coefficient (Wildman–Crippen LogP) is 3.01. The largest absolute Gasteiger partial charge is 0.504 e. The number of phenols is 1. The summed E-state index contributed by atoms with van der Waals surface area (Å²) in [6.07, 6.45) is 2.93. The Kier molecular flexibility index (Phi) is 4.01. The number of halogens is 1. The first-order valence-corrected chi connectivity index (χ1v) is 6.16. The molecule has 0 aliphatic rings. The van der Waals surface area contributed by atoms with Crippen LogP contribution in [-0.2, 0) is 0 Å². The van der Waals surface area contributed by atoms with Crippen molar-refractivity contribution >= 4 is 28.0 Å². The fourth-order valence-electron chi connectivity index (χ4n) is 1.46. The normalized spacial score (nSPS) is 10.8. The number of hydrogen-bond donors (Lipinski definition) is 2. The van der Waals surface area contributed by atoms with Crippen LogP contribution in [0.4, 0.5) is 5.82 Å². The molecule has 2 aromatic rings. The zero-order chi connectivity index (χ0) is 13.8. The summed E-state index contributed by atoms with van der Waals surface area (Å²) in [6.45, 7) is 0. The lowest BCUT2D eigenvalue weighted by Gasteiger charge is -2.07. The number of methoxy groups -OCH3 is 1. The molecule has 0 aliphatic heterocycles. The molecular weight excluding hydrogens is 312 g/mol. The minimum absolute atomic E-state index is 0.0303. The Bertz CT molecular complexity index is 629. The van der Waals surface area contributed by atoms with E-state index in [9.17, 15) is 10.2 Å². The van der Waals surface area contributed by atoms with Gasteiger partial charge in [-0.05, 0) is 40.2 Å². The van der Waals surface area contributed by atoms with Crippen molar-refractivity contribution in [2.45, 2.75) is 0 Å². The first-order valence-electron chi connectivity index (χ1n) is 5.37. The second-order valence-corrected chi connectivity index (χ2v) is 4.47. The van der Waals surface area contributed by atoms with E-state index in [1.807, 2.05) is 0 Å². The quantitative estimate of drug-likeness (QED) is 0.852. The van der Waals surface area contributed by atoms with Crippen molar-refractivity contribution < 1.29 is 14.9 Å². The number of phenolic OH excluding ortho intramolecular Hbond substituents is 1. The van der Waals surface area contributed by atoms with E-state index >= 15 is 0 Å². The number of aromatic nitrogens is 1. The summed E-state index contributed by atoms with van der Waals surface area (Å²) in [5.41, 5.74) is 0.449. The molecular formula is C13H11BrN2O3. The van der Waals surface area contributed by atoms with Gasteiger partial charge in [0.2, 0.25) is 0 Å². The average molecular weight is 323 g/mol. The maximum atomic E-state index is 9.99. The average Bonchev–Trinajstić information content (AvgIpc) is 2.40. The molecule has 0 fully saturated rings. The fraction of sp³-hybridized carbons (Fsp3) is 0.0769. The second kappa shape index (κ2) is 5.71. The van der Waals surface area contributed by atoms with E-state index < -0.39 is 0 Å². The summed E-state index contributed by atoms with van der Waals surface area (Å²) in [5, 5.41) is 19.5. The number of pyridine rings is 1. The molecule has 0 amide bonds. The van der Waals surface area contributed by atoms with Crippen molar-refractivity contribution in [3.63, 3.8) is 0 Å². The first kappa shape index (κ1) is 13.4. The van der Waals surface area contributed by atoms with Crippen LogP contribution in [-0.4, -0.2) is 28.5 Å². The maximum Gasteiger partial charge on any atom is 0.194 e. The monoisotopic (exact) mass is 322 g/mol. The molecule has 6 heteroatoms. The standard InChI is InChI=1S/C13H11BrN2O3/c1-19-11-5-4-9(14)8(12(11)18)7-16-13-10(17)3-2-6-15-13/h2-7,17-18H,1H3. The van der Waals surface area contributed by atoms with Crippen LogP contribution < -0.4 is 4.74 Å². The van der Waals surface area contributed by atoms with Crippen LogP contribution in [0.1, 0.15) is 5.56 Å². The number of aromatic hydroxyl groups is 2. The van der Waals surface area contributed by atoms with Crippen LogP contribution in [0, 0.1) is 0 Å². The molecule has 19 heavy (non-hydrogen) atoms. The Balaban J connectivity index is 2.41. The highest BCUT2D eigenvalue weighted by molar-refractivity contribution is 9.10. The number of nitrogens with zero attached hydrogens (tertiary/aromatic N) is 2. The SMILES string of the molecule is COc1ccc(Br)c(C=Nc2ncccc2O)c1O. The summed E-state index contributed by atoms with van der Waals surface area (Å²) >= 11 is 3.31. The molecule has 0 spiro atoms. The minimum Gasteiger partial charge on any atom is -0.504 e. The van der Waals surface area contributed by atoms with E-state index in [2.05, 4.69) is 25.9 Å². The molecule has 1 aromatic heterocycles. The van der Waals surface area contributed by atoms with Crippen molar-refractivity contribution in [1.29, 1.82) is 0 Å². The summed E-state index contributed by atoms with van der Waals surface area (Å²) in [4.78, 5) is 7.96. The molecule has 98 valence electrons. The van der Waals surface area contributed by atoms with Crippen molar-refractivity contribution in [3.8, 4) is 17.2 Å². The van der Waals surface area contributed by atoms with E-state index in [1.165, 1.54) is 25.6 Å². The second-order valence-electron chi connectivity index (χ2n) is 3.62. The van der Waals surface area contributed by atoms with E-state index in [4.69, 9.17) is 4.74 Å². The van der Waals surface area contributed by atoms with Crippen molar-refractivity contribution in [3.05, 3.63) is 40.5 Å². The Hall–Kier alpha value is -2.08. The highest BCUT2D eigenvalue weighted by Gasteiger charge is 2.10. The number of hydrogen-bond acceptors (Lipinski definition) is 5. The molecule has 1 heterocycles. The van der Waals surface area contributed by atoms with Gasteiger partial charge in [-0.25, -0.2) is 9.98 Å². The van der Waals surface area contributed by atoms with Gasteiger partial charge >= 0.3 is 0 Å². The highest BCUT2D eigenvalue weighted by atomic mass is 79.9. The van der Waals surface area contributed by atoms with Gasteiger partial charge in [0.15, 0.2) is 23.1 Å². The molecule has 0 saturated carbocycles. The van der Waals surface area contributed by atoms with Crippen LogP contribution in [0.15, 0.2) is 39.9 Å². The fourth-order valence-corrected chi connectivity index (χ4v) is 1.89. The minimum atomic E-state index is -0.0314.